The number of benzene rings is 1. The first-order valence-electron chi connectivity index (χ1n) is 9.70. The van der Waals surface area contributed by atoms with Crippen LogP contribution in [0.25, 0.3) is 0 Å². The zero-order valence-corrected chi connectivity index (χ0v) is 18.0. The Hall–Kier alpha value is -2.94. The molecule has 2 N–H and O–H groups in total. The summed E-state index contributed by atoms with van der Waals surface area (Å²) < 4.78 is 0.778. The summed E-state index contributed by atoms with van der Waals surface area (Å²) in [6, 6.07) is 7.95. The molecule has 8 nitrogen and oxygen atoms in total. The van der Waals surface area contributed by atoms with Gasteiger partial charge in [-0.3, -0.25) is 19.3 Å². The number of hydrogen-bond acceptors (Lipinski definition) is 4. The molecule has 0 radical (unpaired) electrons. The van der Waals surface area contributed by atoms with E-state index in [9.17, 15) is 19.2 Å². The molecule has 4 rings (SSSR count). The molecule has 2 aliphatic rings. The molecule has 9 heteroatoms. The van der Waals surface area contributed by atoms with Crippen molar-refractivity contribution in [3.8, 4) is 0 Å². The highest BCUT2D eigenvalue weighted by atomic mass is 79.9. The van der Waals surface area contributed by atoms with Crippen molar-refractivity contribution in [1.82, 2.24) is 20.1 Å². The molecule has 2 fully saturated rings. The molecule has 156 valence electrons. The summed E-state index contributed by atoms with van der Waals surface area (Å²) in [7, 11) is 0. The summed E-state index contributed by atoms with van der Waals surface area (Å²) >= 11 is 3.37. The number of H-pyrrole nitrogens is 1. The number of imide groups is 1. The summed E-state index contributed by atoms with van der Waals surface area (Å²) in [5.41, 5.74) is -0.0492. The number of aromatic nitrogens is 1. The molecule has 30 heavy (non-hydrogen) atoms. The normalized spacial score (nSPS) is 21.3. The van der Waals surface area contributed by atoms with Crippen LogP contribution in [0.15, 0.2) is 41.0 Å². The predicted molar refractivity (Wildman–Crippen MR) is 112 cm³/mol. The van der Waals surface area contributed by atoms with Gasteiger partial charge in [-0.25, -0.2) is 4.79 Å². The van der Waals surface area contributed by atoms with Gasteiger partial charge in [-0.1, -0.05) is 28.1 Å². The van der Waals surface area contributed by atoms with E-state index in [1.807, 2.05) is 6.07 Å². The Labute approximate surface area is 181 Å². The quantitative estimate of drug-likeness (QED) is 0.515. The van der Waals surface area contributed by atoms with E-state index >= 15 is 0 Å². The molecule has 4 amide bonds. The number of urea groups is 1. The van der Waals surface area contributed by atoms with Gasteiger partial charge in [0.15, 0.2) is 5.78 Å². The number of halogens is 1. The number of amides is 4. The van der Waals surface area contributed by atoms with Crippen molar-refractivity contribution in [1.29, 1.82) is 0 Å². The van der Waals surface area contributed by atoms with E-state index in [1.54, 1.807) is 30.0 Å². The second kappa shape index (κ2) is 7.71. The Kier molecular flexibility index (Phi) is 5.23. The predicted octanol–water partition coefficient (Wildman–Crippen LogP) is 2.66. The number of hydrogen-bond donors (Lipinski definition) is 2. The molecule has 0 aliphatic carbocycles. The first-order chi connectivity index (χ1) is 14.3. The van der Waals surface area contributed by atoms with Crippen LogP contribution in [0.3, 0.4) is 0 Å². The van der Waals surface area contributed by atoms with E-state index in [0.717, 1.165) is 22.2 Å². The van der Waals surface area contributed by atoms with E-state index in [4.69, 9.17) is 0 Å². The van der Waals surface area contributed by atoms with Crippen LogP contribution < -0.4 is 5.32 Å². The number of aromatic amines is 1. The highest BCUT2D eigenvalue weighted by Crippen LogP contribution is 2.30. The molecule has 2 aliphatic heterocycles. The van der Waals surface area contributed by atoms with Crippen LogP contribution in [-0.4, -0.2) is 58.0 Å². The van der Waals surface area contributed by atoms with Gasteiger partial charge in [0, 0.05) is 29.3 Å². The lowest BCUT2D eigenvalue weighted by molar-refractivity contribution is -0.130. The lowest BCUT2D eigenvalue weighted by Gasteiger charge is -2.22. The van der Waals surface area contributed by atoms with Gasteiger partial charge < -0.3 is 15.2 Å². The van der Waals surface area contributed by atoms with Gasteiger partial charge in [0.05, 0.1) is 6.54 Å². The standard InChI is InChI=1S/C21H21BrN4O4/c1-21(14-5-4-6-15(22)10-14)19(29)26(20(30)24-21)12-17(27)13-9-16(23-11-13)18(28)25-7-2-3-8-25/h4-6,9-11,23H,2-3,7-8,12H2,1H3,(H,24,30)/t21-/m1/s1. The Balaban J connectivity index is 1.49. The van der Waals surface area contributed by atoms with Crippen LogP contribution in [0.5, 0.6) is 0 Å². The second-order valence-corrected chi connectivity index (χ2v) is 8.60. The fraction of sp³-hybridized carbons (Fsp3) is 0.333. The van der Waals surface area contributed by atoms with Crippen LogP contribution >= 0.6 is 15.9 Å². The molecule has 1 aromatic heterocycles. The minimum Gasteiger partial charge on any atom is -0.356 e. The average molecular weight is 473 g/mol. The second-order valence-electron chi connectivity index (χ2n) is 7.68. The Morgan fingerprint density at radius 1 is 1.17 bits per heavy atom. The van der Waals surface area contributed by atoms with Crippen molar-refractivity contribution < 1.29 is 19.2 Å². The summed E-state index contributed by atoms with van der Waals surface area (Å²) in [5.74, 6) is -1.07. The maximum Gasteiger partial charge on any atom is 0.325 e. The molecule has 3 heterocycles. The zero-order valence-electron chi connectivity index (χ0n) is 16.4. The van der Waals surface area contributed by atoms with Crippen molar-refractivity contribution in [2.24, 2.45) is 0 Å². The first-order valence-corrected chi connectivity index (χ1v) is 10.5. The van der Waals surface area contributed by atoms with Crippen molar-refractivity contribution >= 4 is 39.6 Å². The number of nitrogens with zero attached hydrogens (tertiary/aromatic N) is 2. The lowest BCUT2D eigenvalue weighted by Crippen LogP contribution is -2.41. The summed E-state index contributed by atoms with van der Waals surface area (Å²) in [4.78, 5) is 56.2. The maximum absolute atomic E-state index is 13.0. The number of ketones is 1. The van der Waals surface area contributed by atoms with Crippen molar-refractivity contribution in [2.45, 2.75) is 25.3 Å². The molecule has 0 spiro atoms. The zero-order chi connectivity index (χ0) is 21.5. The molecular formula is C21H21BrN4O4. The summed E-state index contributed by atoms with van der Waals surface area (Å²) in [5, 5.41) is 2.69. The molecule has 0 unspecified atom stereocenters. The van der Waals surface area contributed by atoms with Crippen LogP contribution in [0.1, 0.15) is 46.2 Å². The third kappa shape index (κ3) is 3.54. The number of carbonyl (C=O) groups is 4. The number of nitrogens with one attached hydrogen (secondary N) is 2. The lowest BCUT2D eigenvalue weighted by atomic mass is 9.92. The smallest absolute Gasteiger partial charge is 0.325 e. The third-order valence-corrected chi connectivity index (χ3v) is 6.10. The SMILES string of the molecule is C[C@]1(c2cccc(Br)c2)NC(=O)N(CC(=O)c2c[nH]c(C(=O)N3CCCC3)c2)C1=O. The number of Topliss-reactive ketones (excluding diaryl/α,β-unsaturated/α-hetero) is 1. The van der Waals surface area contributed by atoms with Gasteiger partial charge >= 0.3 is 6.03 Å². The van der Waals surface area contributed by atoms with E-state index in [2.05, 4.69) is 26.2 Å². The minimum absolute atomic E-state index is 0.149. The van der Waals surface area contributed by atoms with Crippen LogP contribution in [0.2, 0.25) is 0 Å². The van der Waals surface area contributed by atoms with Crippen molar-refractivity contribution in [3.05, 3.63) is 57.8 Å². The van der Waals surface area contributed by atoms with E-state index in [-0.39, 0.29) is 11.5 Å². The van der Waals surface area contributed by atoms with Gasteiger partial charge in [0.25, 0.3) is 11.8 Å². The molecular weight excluding hydrogens is 452 g/mol. The monoisotopic (exact) mass is 472 g/mol. The average Bonchev–Trinajstić information content (AvgIpc) is 3.46. The highest BCUT2D eigenvalue weighted by Gasteiger charge is 2.49. The van der Waals surface area contributed by atoms with Crippen LogP contribution in [-0.2, 0) is 10.3 Å². The molecule has 0 saturated carbocycles. The molecule has 1 atom stereocenters. The maximum atomic E-state index is 13.0. The Morgan fingerprint density at radius 2 is 1.90 bits per heavy atom. The first kappa shape index (κ1) is 20.3. The third-order valence-electron chi connectivity index (χ3n) is 5.61. The van der Waals surface area contributed by atoms with Gasteiger partial charge in [-0.2, -0.15) is 0 Å². The topological polar surface area (TPSA) is 103 Å². The summed E-state index contributed by atoms with van der Waals surface area (Å²) in [6.07, 6.45) is 3.39. The fourth-order valence-corrected chi connectivity index (χ4v) is 4.24. The van der Waals surface area contributed by atoms with E-state index in [1.165, 1.54) is 12.3 Å². The largest absolute Gasteiger partial charge is 0.356 e. The summed E-state index contributed by atoms with van der Waals surface area (Å²) in [6.45, 7) is 2.63. The molecule has 1 aromatic carbocycles. The van der Waals surface area contributed by atoms with Crippen LogP contribution in [0, 0.1) is 0 Å². The Bertz CT molecular complexity index is 1040. The number of likely N-dealkylation sites (tertiary alicyclic amines) is 1. The van der Waals surface area contributed by atoms with E-state index in [0.29, 0.717) is 24.3 Å². The Morgan fingerprint density at radius 3 is 2.60 bits per heavy atom. The minimum atomic E-state index is -1.25. The van der Waals surface area contributed by atoms with Gasteiger partial charge in [0.2, 0.25) is 0 Å². The molecule has 0 bridgehead atoms. The highest BCUT2D eigenvalue weighted by molar-refractivity contribution is 9.10. The number of carbonyl (C=O) groups excluding carboxylic acids is 4. The van der Waals surface area contributed by atoms with Crippen molar-refractivity contribution in [2.75, 3.05) is 19.6 Å². The van der Waals surface area contributed by atoms with Gasteiger partial charge in [0.1, 0.15) is 11.2 Å². The number of rotatable bonds is 5. The molecule has 2 aromatic rings. The van der Waals surface area contributed by atoms with Crippen LogP contribution in [0.4, 0.5) is 4.79 Å². The van der Waals surface area contributed by atoms with Gasteiger partial charge in [-0.05, 0) is 43.5 Å². The van der Waals surface area contributed by atoms with Gasteiger partial charge in [-0.15, -0.1) is 0 Å². The fourth-order valence-electron chi connectivity index (χ4n) is 3.84. The van der Waals surface area contributed by atoms with E-state index < -0.39 is 29.8 Å². The molecule has 2 saturated heterocycles. The van der Waals surface area contributed by atoms with Crippen molar-refractivity contribution in [3.63, 3.8) is 0 Å².